The summed E-state index contributed by atoms with van der Waals surface area (Å²) in [6, 6.07) is -0.990. The van der Waals surface area contributed by atoms with Crippen LogP contribution in [0.5, 0.6) is 0 Å². The molecule has 3 heterocycles. The van der Waals surface area contributed by atoms with Crippen LogP contribution in [0.25, 0.3) is 0 Å². The molecule has 114 valence electrons. The Labute approximate surface area is 119 Å². The van der Waals surface area contributed by atoms with Gasteiger partial charge in [-0.05, 0) is 6.42 Å². The molecule has 0 unspecified atom stereocenters. The summed E-state index contributed by atoms with van der Waals surface area (Å²) in [6.45, 7) is 0.144. The number of carbonyl (C=O) groups is 1. The Kier molecular flexibility index (Phi) is 2.85. The van der Waals surface area contributed by atoms with Gasteiger partial charge < -0.3 is 9.88 Å². The minimum absolute atomic E-state index is 0.144. The molecule has 1 N–H and O–H groups in total. The van der Waals surface area contributed by atoms with Crippen LogP contribution in [0.4, 0.5) is 0 Å². The molecule has 0 saturated carbocycles. The van der Waals surface area contributed by atoms with Crippen molar-refractivity contribution in [2.75, 3.05) is 6.54 Å². The number of sulfonamides is 1. The van der Waals surface area contributed by atoms with Crippen molar-refractivity contribution in [2.24, 2.45) is 14.1 Å². The van der Waals surface area contributed by atoms with Crippen LogP contribution in [0.15, 0.2) is 20.7 Å². The second kappa shape index (κ2) is 4.28. The van der Waals surface area contributed by atoms with E-state index < -0.39 is 32.2 Å². The number of aryl methyl sites for hydroxylation is 1. The maximum Gasteiger partial charge on any atom is 0.330 e. The fourth-order valence-electron chi connectivity index (χ4n) is 2.79. The van der Waals surface area contributed by atoms with E-state index in [-0.39, 0.29) is 18.5 Å². The first-order chi connectivity index (χ1) is 9.73. The molecule has 10 heteroatoms. The molecule has 2 bridgehead atoms. The molecule has 1 aromatic heterocycles. The van der Waals surface area contributed by atoms with Crippen molar-refractivity contribution >= 4 is 15.9 Å². The third-order valence-corrected chi connectivity index (χ3v) is 5.76. The SMILES string of the molecule is Cn1cc(S(=O)(=O)N2C[C@@H]3C[C@H]2C(=O)N3)c(=O)n(C)c1=O. The van der Waals surface area contributed by atoms with Gasteiger partial charge in [0.2, 0.25) is 5.91 Å². The van der Waals surface area contributed by atoms with E-state index in [0.717, 1.165) is 19.6 Å². The van der Waals surface area contributed by atoms with Crippen LogP contribution in [-0.2, 0) is 28.9 Å². The number of rotatable bonds is 2. The van der Waals surface area contributed by atoms with Gasteiger partial charge >= 0.3 is 5.69 Å². The minimum Gasteiger partial charge on any atom is -0.351 e. The molecule has 2 saturated heterocycles. The van der Waals surface area contributed by atoms with Crippen LogP contribution in [-0.4, -0.2) is 46.4 Å². The normalized spacial score (nSPS) is 25.3. The molecule has 9 nitrogen and oxygen atoms in total. The van der Waals surface area contributed by atoms with Gasteiger partial charge in [0.1, 0.15) is 6.04 Å². The number of hydrogen-bond donors (Lipinski definition) is 1. The van der Waals surface area contributed by atoms with Crippen LogP contribution in [0, 0.1) is 0 Å². The Hall–Kier alpha value is -1.94. The molecule has 2 atom stereocenters. The monoisotopic (exact) mass is 314 g/mol. The fourth-order valence-corrected chi connectivity index (χ4v) is 4.58. The average molecular weight is 314 g/mol. The lowest BCUT2D eigenvalue weighted by Gasteiger charge is -2.25. The second-order valence-corrected chi connectivity index (χ2v) is 7.14. The summed E-state index contributed by atoms with van der Waals surface area (Å²) in [5.41, 5.74) is -1.50. The van der Waals surface area contributed by atoms with E-state index in [1.54, 1.807) is 0 Å². The first-order valence-electron chi connectivity index (χ1n) is 6.32. The first kappa shape index (κ1) is 14.0. The largest absolute Gasteiger partial charge is 0.351 e. The highest BCUT2D eigenvalue weighted by Crippen LogP contribution is 2.29. The van der Waals surface area contributed by atoms with Crippen molar-refractivity contribution in [3.63, 3.8) is 0 Å². The molecule has 0 aromatic carbocycles. The van der Waals surface area contributed by atoms with Crippen molar-refractivity contribution in [1.82, 2.24) is 18.8 Å². The molecular weight excluding hydrogens is 300 g/mol. The van der Waals surface area contributed by atoms with E-state index in [1.165, 1.54) is 14.1 Å². The van der Waals surface area contributed by atoms with Gasteiger partial charge in [-0.25, -0.2) is 13.2 Å². The molecule has 3 rings (SSSR count). The smallest absolute Gasteiger partial charge is 0.330 e. The summed E-state index contributed by atoms with van der Waals surface area (Å²) in [5.74, 6) is -0.350. The standard InChI is InChI=1S/C11H14N4O5S/c1-13-5-8(10(17)14(2)11(13)18)21(19,20)15-4-6-3-7(15)9(16)12-6/h5-7H,3-4H2,1-2H3,(H,12,16)/t6-,7-/m0/s1. The molecule has 2 aliphatic heterocycles. The Balaban J connectivity index is 2.15. The zero-order valence-corrected chi connectivity index (χ0v) is 12.3. The Morgan fingerprint density at radius 1 is 1.24 bits per heavy atom. The molecule has 2 fully saturated rings. The molecule has 1 amide bonds. The van der Waals surface area contributed by atoms with Crippen molar-refractivity contribution in [1.29, 1.82) is 0 Å². The third-order valence-electron chi connectivity index (χ3n) is 3.91. The number of piperazine rings is 1. The number of nitrogens with one attached hydrogen (secondary N) is 1. The topological polar surface area (TPSA) is 110 Å². The van der Waals surface area contributed by atoms with Gasteiger partial charge in [0, 0.05) is 32.9 Å². The van der Waals surface area contributed by atoms with Crippen LogP contribution in [0.2, 0.25) is 0 Å². The summed E-state index contributed by atoms with van der Waals surface area (Å²) >= 11 is 0. The van der Waals surface area contributed by atoms with Crippen molar-refractivity contribution in [3.05, 3.63) is 27.0 Å². The first-order valence-corrected chi connectivity index (χ1v) is 7.76. The van der Waals surface area contributed by atoms with Crippen LogP contribution in [0.1, 0.15) is 6.42 Å². The molecule has 21 heavy (non-hydrogen) atoms. The lowest BCUT2D eigenvalue weighted by Crippen LogP contribution is -2.51. The number of hydrogen-bond acceptors (Lipinski definition) is 5. The van der Waals surface area contributed by atoms with Gasteiger partial charge in [0.25, 0.3) is 15.6 Å². The van der Waals surface area contributed by atoms with Gasteiger partial charge in [-0.3, -0.25) is 14.2 Å². The number of aromatic nitrogens is 2. The minimum atomic E-state index is -4.12. The highest BCUT2D eigenvalue weighted by molar-refractivity contribution is 7.89. The maximum atomic E-state index is 12.6. The van der Waals surface area contributed by atoms with Crippen LogP contribution in [0.3, 0.4) is 0 Å². The van der Waals surface area contributed by atoms with E-state index in [0.29, 0.717) is 6.42 Å². The lowest BCUT2D eigenvalue weighted by molar-refractivity contribution is -0.123. The zero-order chi connectivity index (χ0) is 15.5. The van der Waals surface area contributed by atoms with E-state index in [4.69, 9.17) is 0 Å². The molecule has 0 spiro atoms. The van der Waals surface area contributed by atoms with E-state index in [2.05, 4.69) is 5.32 Å². The van der Waals surface area contributed by atoms with Crippen LogP contribution >= 0.6 is 0 Å². The highest BCUT2D eigenvalue weighted by Gasteiger charge is 2.50. The van der Waals surface area contributed by atoms with Gasteiger partial charge in [-0.15, -0.1) is 0 Å². The Bertz CT molecular complexity index is 852. The third kappa shape index (κ3) is 1.86. The zero-order valence-electron chi connectivity index (χ0n) is 11.4. The lowest BCUT2D eigenvalue weighted by atomic mass is 10.2. The molecule has 0 radical (unpaired) electrons. The number of nitrogens with zero attached hydrogens (tertiary/aromatic N) is 3. The summed E-state index contributed by atoms with van der Waals surface area (Å²) in [4.78, 5) is 34.8. The fraction of sp³-hybridized carbons (Fsp3) is 0.545. The summed E-state index contributed by atoms with van der Waals surface area (Å²) in [6.07, 6.45) is 1.41. The highest BCUT2D eigenvalue weighted by atomic mass is 32.2. The average Bonchev–Trinajstić information content (AvgIpc) is 2.99. The number of carbonyl (C=O) groups excluding carboxylic acids is 1. The number of amides is 1. The van der Waals surface area contributed by atoms with Crippen molar-refractivity contribution in [3.8, 4) is 0 Å². The van der Waals surface area contributed by atoms with Crippen molar-refractivity contribution in [2.45, 2.75) is 23.4 Å². The Morgan fingerprint density at radius 3 is 2.48 bits per heavy atom. The van der Waals surface area contributed by atoms with E-state index in [9.17, 15) is 22.8 Å². The summed E-state index contributed by atoms with van der Waals surface area (Å²) in [5, 5.41) is 2.67. The predicted molar refractivity (Wildman–Crippen MR) is 71.2 cm³/mol. The quantitative estimate of drug-likeness (QED) is 0.641. The molecule has 2 aliphatic rings. The van der Waals surface area contributed by atoms with Gasteiger partial charge in [0.15, 0.2) is 4.90 Å². The molecular formula is C11H14N4O5S. The van der Waals surface area contributed by atoms with E-state index in [1.807, 2.05) is 0 Å². The van der Waals surface area contributed by atoms with Crippen LogP contribution < -0.4 is 16.6 Å². The summed E-state index contributed by atoms with van der Waals surface area (Å²) in [7, 11) is -1.54. The van der Waals surface area contributed by atoms with Gasteiger partial charge in [0.05, 0.1) is 0 Å². The number of fused-ring (bicyclic) bond motifs is 2. The predicted octanol–water partition coefficient (Wildman–Crippen LogP) is -2.65. The second-order valence-electron chi connectivity index (χ2n) is 5.28. The Morgan fingerprint density at radius 2 is 1.90 bits per heavy atom. The van der Waals surface area contributed by atoms with Crippen molar-refractivity contribution < 1.29 is 13.2 Å². The molecule has 0 aliphatic carbocycles. The summed E-state index contributed by atoms with van der Waals surface area (Å²) < 4.78 is 28.1. The van der Waals surface area contributed by atoms with Gasteiger partial charge in [-0.1, -0.05) is 0 Å². The maximum absolute atomic E-state index is 12.6. The molecule has 1 aromatic rings. The van der Waals surface area contributed by atoms with Gasteiger partial charge in [-0.2, -0.15) is 4.31 Å². The van der Waals surface area contributed by atoms with E-state index >= 15 is 0 Å².